The molecule has 88 valence electrons. The van der Waals surface area contributed by atoms with Gasteiger partial charge >= 0.3 is 0 Å². The van der Waals surface area contributed by atoms with E-state index >= 15 is 0 Å². The monoisotopic (exact) mass is 247 g/mol. The lowest BCUT2D eigenvalue weighted by atomic mass is 10.2. The summed E-state index contributed by atoms with van der Waals surface area (Å²) in [6.45, 7) is 1.02. The van der Waals surface area contributed by atoms with Crippen molar-refractivity contribution in [1.82, 2.24) is 14.8 Å². The van der Waals surface area contributed by atoms with Gasteiger partial charge in [0.05, 0.1) is 0 Å². The zero-order valence-corrected chi connectivity index (χ0v) is 10.3. The Labute approximate surface area is 105 Å². The minimum absolute atomic E-state index is 0.744. The van der Waals surface area contributed by atoms with Gasteiger partial charge in [0.2, 0.25) is 0 Å². The average molecular weight is 248 g/mol. The van der Waals surface area contributed by atoms with Gasteiger partial charge in [-0.15, -0.1) is 10.2 Å². The number of benzene rings is 1. The van der Waals surface area contributed by atoms with E-state index in [-0.39, 0.29) is 0 Å². The molecule has 0 aliphatic carbocycles. The number of hydrogen-bond acceptors (Lipinski definition) is 2. The third-order valence-electron chi connectivity index (χ3n) is 3.19. The van der Waals surface area contributed by atoms with Gasteiger partial charge in [-0.3, -0.25) is 0 Å². The highest BCUT2D eigenvalue weighted by molar-refractivity contribution is 6.30. The molecule has 0 saturated heterocycles. The van der Waals surface area contributed by atoms with Gasteiger partial charge in [0.1, 0.15) is 5.82 Å². The third kappa shape index (κ3) is 2.07. The molecule has 2 heterocycles. The van der Waals surface area contributed by atoms with Gasteiger partial charge in [-0.2, -0.15) is 0 Å². The van der Waals surface area contributed by atoms with Gasteiger partial charge < -0.3 is 4.57 Å². The fraction of sp³-hybridized carbons (Fsp3) is 0.385. The van der Waals surface area contributed by atoms with E-state index in [2.05, 4.69) is 14.8 Å². The summed E-state index contributed by atoms with van der Waals surface area (Å²) in [6.07, 6.45) is 4.73. The molecule has 0 atom stereocenters. The Balaban J connectivity index is 2.06. The Hall–Kier alpha value is -1.35. The summed E-state index contributed by atoms with van der Waals surface area (Å²) < 4.78 is 2.23. The Kier molecular flexibility index (Phi) is 2.85. The standard InChI is InChI=1S/C13H14ClN3/c14-11-6-4-5-10(9-11)13-16-15-12-7-2-1-3-8-17(12)13/h4-6,9H,1-3,7-8H2. The number of halogens is 1. The van der Waals surface area contributed by atoms with Gasteiger partial charge in [0, 0.05) is 23.6 Å². The molecule has 1 aliphatic heterocycles. The smallest absolute Gasteiger partial charge is 0.164 e. The van der Waals surface area contributed by atoms with Gasteiger partial charge in [0.15, 0.2) is 5.82 Å². The maximum atomic E-state index is 6.02. The molecule has 1 aromatic heterocycles. The maximum Gasteiger partial charge on any atom is 0.164 e. The van der Waals surface area contributed by atoms with Crippen LogP contribution in [0.15, 0.2) is 24.3 Å². The molecule has 0 fully saturated rings. The molecule has 3 nitrogen and oxygen atoms in total. The van der Waals surface area contributed by atoms with Crippen LogP contribution in [0.5, 0.6) is 0 Å². The number of nitrogens with zero attached hydrogens (tertiary/aromatic N) is 3. The zero-order valence-electron chi connectivity index (χ0n) is 9.56. The molecule has 0 radical (unpaired) electrons. The van der Waals surface area contributed by atoms with Crippen LogP contribution >= 0.6 is 11.6 Å². The molecule has 1 aromatic carbocycles. The second kappa shape index (κ2) is 4.49. The van der Waals surface area contributed by atoms with E-state index < -0.39 is 0 Å². The van der Waals surface area contributed by atoms with Gasteiger partial charge in [-0.05, 0) is 25.0 Å². The summed E-state index contributed by atoms with van der Waals surface area (Å²) >= 11 is 6.02. The first-order valence-corrected chi connectivity index (χ1v) is 6.40. The first-order valence-electron chi connectivity index (χ1n) is 6.02. The van der Waals surface area contributed by atoms with Crippen molar-refractivity contribution in [2.24, 2.45) is 0 Å². The third-order valence-corrected chi connectivity index (χ3v) is 3.43. The Morgan fingerprint density at radius 1 is 1.12 bits per heavy atom. The van der Waals surface area contributed by atoms with Crippen LogP contribution in [0.4, 0.5) is 0 Å². The SMILES string of the molecule is Clc1cccc(-c2nnc3n2CCCCC3)c1. The Morgan fingerprint density at radius 3 is 2.94 bits per heavy atom. The predicted molar refractivity (Wildman–Crippen MR) is 68.0 cm³/mol. The van der Waals surface area contributed by atoms with Crippen LogP contribution in [0.1, 0.15) is 25.1 Å². The summed E-state index contributed by atoms with van der Waals surface area (Å²) in [5.41, 5.74) is 1.05. The number of hydrogen-bond donors (Lipinski definition) is 0. The predicted octanol–water partition coefficient (Wildman–Crippen LogP) is 3.32. The van der Waals surface area contributed by atoms with Crippen LogP contribution < -0.4 is 0 Å². The van der Waals surface area contributed by atoms with Gasteiger partial charge in [-0.25, -0.2) is 0 Å². The van der Waals surface area contributed by atoms with Crippen molar-refractivity contribution in [3.05, 3.63) is 35.1 Å². The van der Waals surface area contributed by atoms with Crippen LogP contribution in [-0.2, 0) is 13.0 Å². The molecule has 0 bridgehead atoms. The highest BCUT2D eigenvalue weighted by Crippen LogP contribution is 2.24. The molecular formula is C13H14ClN3. The van der Waals surface area contributed by atoms with E-state index in [1.165, 1.54) is 19.3 Å². The topological polar surface area (TPSA) is 30.7 Å². The number of fused-ring (bicyclic) bond motifs is 1. The fourth-order valence-electron chi connectivity index (χ4n) is 2.33. The maximum absolute atomic E-state index is 6.02. The lowest BCUT2D eigenvalue weighted by Gasteiger charge is -2.06. The molecule has 0 amide bonds. The van der Waals surface area contributed by atoms with E-state index in [0.29, 0.717) is 0 Å². The molecule has 0 N–H and O–H groups in total. The zero-order chi connectivity index (χ0) is 11.7. The number of aryl methyl sites for hydroxylation is 1. The lowest BCUT2D eigenvalue weighted by molar-refractivity contribution is 0.636. The second-order valence-corrected chi connectivity index (χ2v) is 4.85. The Morgan fingerprint density at radius 2 is 2.06 bits per heavy atom. The summed E-state index contributed by atoms with van der Waals surface area (Å²) in [4.78, 5) is 0. The number of aromatic nitrogens is 3. The summed E-state index contributed by atoms with van der Waals surface area (Å²) in [5, 5.41) is 9.34. The van der Waals surface area contributed by atoms with Gasteiger partial charge in [0.25, 0.3) is 0 Å². The Bertz CT molecular complexity index is 533. The molecule has 1 aliphatic rings. The fourth-order valence-corrected chi connectivity index (χ4v) is 2.52. The average Bonchev–Trinajstić information content (AvgIpc) is 2.59. The quantitative estimate of drug-likeness (QED) is 0.774. The molecule has 4 heteroatoms. The van der Waals surface area contributed by atoms with Crippen molar-refractivity contribution < 1.29 is 0 Å². The lowest BCUT2D eigenvalue weighted by Crippen LogP contribution is -2.02. The van der Waals surface area contributed by atoms with Crippen LogP contribution in [0.3, 0.4) is 0 Å². The van der Waals surface area contributed by atoms with Crippen molar-refractivity contribution in [2.75, 3.05) is 0 Å². The molecule has 0 unspecified atom stereocenters. The van der Waals surface area contributed by atoms with Crippen molar-refractivity contribution in [2.45, 2.75) is 32.2 Å². The van der Waals surface area contributed by atoms with E-state index in [9.17, 15) is 0 Å². The first-order chi connectivity index (χ1) is 8.34. The van der Waals surface area contributed by atoms with Crippen LogP contribution in [0.25, 0.3) is 11.4 Å². The highest BCUT2D eigenvalue weighted by Gasteiger charge is 2.15. The van der Waals surface area contributed by atoms with E-state index in [0.717, 1.165) is 35.2 Å². The van der Waals surface area contributed by atoms with Crippen molar-refractivity contribution in [3.8, 4) is 11.4 Å². The summed E-state index contributed by atoms with van der Waals surface area (Å²) in [5.74, 6) is 2.06. The number of rotatable bonds is 1. The van der Waals surface area contributed by atoms with Crippen LogP contribution in [0.2, 0.25) is 5.02 Å². The van der Waals surface area contributed by atoms with Crippen molar-refractivity contribution in [1.29, 1.82) is 0 Å². The van der Waals surface area contributed by atoms with Crippen LogP contribution in [-0.4, -0.2) is 14.8 Å². The van der Waals surface area contributed by atoms with Crippen molar-refractivity contribution in [3.63, 3.8) is 0 Å². The molecule has 3 rings (SSSR count). The normalized spacial score (nSPS) is 15.4. The minimum atomic E-state index is 0.744. The molecular weight excluding hydrogens is 234 g/mol. The molecule has 0 spiro atoms. The van der Waals surface area contributed by atoms with Gasteiger partial charge in [-0.1, -0.05) is 30.2 Å². The molecule has 2 aromatic rings. The summed E-state index contributed by atoms with van der Waals surface area (Å²) in [7, 11) is 0. The van der Waals surface area contributed by atoms with E-state index in [1.54, 1.807) is 0 Å². The summed E-state index contributed by atoms with van der Waals surface area (Å²) in [6, 6.07) is 7.82. The van der Waals surface area contributed by atoms with E-state index in [4.69, 9.17) is 11.6 Å². The van der Waals surface area contributed by atoms with Crippen molar-refractivity contribution >= 4 is 11.6 Å². The second-order valence-electron chi connectivity index (χ2n) is 4.41. The largest absolute Gasteiger partial charge is 0.311 e. The minimum Gasteiger partial charge on any atom is -0.311 e. The first kappa shape index (κ1) is 10.8. The highest BCUT2D eigenvalue weighted by atomic mass is 35.5. The molecule has 17 heavy (non-hydrogen) atoms. The van der Waals surface area contributed by atoms with Crippen LogP contribution in [0, 0.1) is 0 Å². The van der Waals surface area contributed by atoms with E-state index in [1.807, 2.05) is 24.3 Å². The molecule has 0 saturated carbocycles.